The van der Waals surface area contributed by atoms with E-state index in [1.165, 1.54) is 27.8 Å². The first-order valence-electron chi connectivity index (χ1n) is 7.83. The predicted octanol–water partition coefficient (Wildman–Crippen LogP) is 4.53. The summed E-state index contributed by atoms with van der Waals surface area (Å²) < 4.78 is 2.46. The second-order valence-electron chi connectivity index (χ2n) is 6.69. The average Bonchev–Trinajstić information content (AvgIpc) is 2.83. The largest absolute Gasteiger partial charge is 0.480 e. The molecule has 2 aromatic heterocycles. The first kappa shape index (κ1) is 21.2. The number of nitrogens with zero attached hydrogens (tertiary/aromatic N) is 3. The Balaban J connectivity index is 2.50. The van der Waals surface area contributed by atoms with Gasteiger partial charge < -0.3 is 5.11 Å². The zero-order valence-corrected chi connectivity index (χ0v) is 17.9. The van der Waals surface area contributed by atoms with Crippen molar-refractivity contribution in [1.29, 1.82) is 0 Å². The molecule has 142 valence electrons. The molecule has 0 saturated carbocycles. The number of aromatic nitrogens is 3. The van der Waals surface area contributed by atoms with Crippen molar-refractivity contribution in [1.82, 2.24) is 14.8 Å². The molecule has 0 aliphatic heterocycles. The van der Waals surface area contributed by atoms with Gasteiger partial charge in [-0.3, -0.25) is 4.79 Å². The molecule has 6 nitrogen and oxygen atoms in total. The van der Waals surface area contributed by atoms with Crippen LogP contribution in [-0.4, -0.2) is 25.8 Å². The van der Waals surface area contributed by atoms with Crippen LogP contribution < -0.4 is 5.56 Å². The lowest BCUT2D eigenvalue weighted by Crippen LogP contribution is -2.36. The van der Waals surface area contributed by atoms with E-state index < -0.39 is 23.0 Å². The van der Waals surface area contributed by atoms with Crippen molar-refractivity contribution in [2.75, 3.05) is 0 Å². The summed E-state index contributed by atoms with van der Waals surface area (Å²) in [5, 5.41) is 14.3. The number of aliphatic carboxylic acids is 1. The highest BCUT2D eigenvalue weighted by molar-refractivity contribution is 7.98. The zero-order chi connectivity index (χ0) is 19.6. The fourth-order valence-electron chi connectivity index (χ4n) is 2.36. The molecule has 26 heavy (non-hydrogen) atoms. The highest BCUT2D eigenvalue weighted by Crippen LogP contribution is 2.37. The third-order valence-corrected chi connectivity index (χ3v) is 6.15. The number of hydrogen-bond acceptors (Lipinski definition) is 6. The van der Waals surface area contributed by atoms with Gasteiger partial charge in [0.15, 0.2) is 11.2 Å². The van der Waals surface area contributed by atoms with E-state index in [1.807, 2.05) is 0 Å². The normalized spacial score (nSPS) is 13.0. The number of carbonyl (C=O) groups is 1. The molecule has 0 aliphatic carbocycles. The van der Waals surface area contributed by atoms with Crippen molar-refractivity contribution >= 4 is 52.3 Å². The molecule has 0 saturated heterocycles. The maximum absolute atomic E-state index is 12.2. The molecular weight excluding hydrogens is 417 g/mol. The Bertz CT molecular complexity index is 875. The van der Waals surface area contributed by atoms with Crippen LogP contribution in [0, 0.1) is 5.41 Å². The van der Waals surface area contributed by atoms with Crippen LogP contribution in [0.2, 0.25) is 8.67 Å². The van der Waals surface area contributed by atoms with Gasteiger partial charge in [-0.15, -0.1) is 11.3 Å². The van der Waals surface area contributed by atoms with Gasteiger partial charge in [-0.1, -0.05) is 62.7 Å². The van der Waals surface area contributed by atoms with E-state index in [2.05, 4.69) is 10.1 Å². The third kappa shape index (κ3) is 4.79. The Hall–Kier alpha value is -1.09. The fraction of sp³-hybridized carbons (Fsp3) is 0.500. The second-order valence-corrected chi connectivity index (χ2v) is 9.92. The number of thioether (sulfide) groups is 1. The highest BCUT2D eigenvalue weighted by atomic mass is 35.5. The third-order valence-electron chi connectivity index (χ3n) is 3.59. The molecule has 0 radical (unpaired) electrons. The number of halogens is 2. The van der Waals surface area contributed by atoms with Crippen LogP contribution in [0.15, 0.2) is 16.0 Å². The van der Waals surface area contributed by atoms with E-state index in [-0.39, 0.29) is 10.9 Å². The monoisotopic (exact) mass is 435 g/mol. The molecule has 2 aromatic rings. The Morgan fingerprint density at radius 2 is 2.08 bits per heavy atom. The lowest BCUT2D eigenvalue weighted by Gasteiger charge is -2.29. The van der Waals surface area contributed by atoms with Crippen LogP contribution in [0.25, 0.3) is 0 Å². The number of thiophene rings is 1. The molecule has 1 N–H and O–H groups in total. The van der Waals surface area contributed by atoms with Gasteiger partial charge in [0.05, 0.1) is 8.67 Å². The summed E-state index contributed by atoms with van der Waals surface area (Å²) in [6, 6.07) is 0.779. The van der Waals surface area contributed by atoms with Crippen LogP contribution in [0.4, 0.5) is 0 Å². The minimum atomic E-state index is -1.03. The minimum absolute atomic E-state index is 0.237. The SMILES string of the molecule is CCc1nn(C(C(=O)O)C(C)(C)C)c(SCc2cc(Cl)sc2Cl)nc1=O. The molecule has 0 aromatic carbocycles. The molecular formula is C16H19Cl2N3O3S2. The number of carboxylic acid groups (broad SMARTS) is 1. The topological polar surface area (TPSA) is 85.1 Å². The van der Waals surface area contributed by atoms with Gasteiger partial charge in [0, 0.05) is 5.75 Å². The van der Waals surface area contributed by atoms with Crippen LogP contribution in [0.3, 0.4) is 0 Å². The van der Waals surface area contributed by atoms with Crippen LogP contribution in [0.5, 0.6) is 0 Å². The van der Waals surface area contributed by atoms with E-state index in [4.69, 9.17) is 23.2 Å². The maximum atomic E-state index is 12.2. The summed E-state index contributed by atoms with van der Waals surface area (Å²) in [7, 11) is 0. The summed E-state index contributed by atoms with van der Waals surface area (Å²) in [4.78, 5) is 28.1. The molecule has 0 aliphatic rings. The Morgan fingerprint density at radius 3 is 2.54 bits per heavy atom. The summed E-state index contributed by atoms with van der Waals surface area (Å²) in [6.45, 7) is 7.20. The first-order valence-corrected chi connectivity index (χ1v) is 10.4. The lowest BCUT2D eigenvalue weighted by molar-refractivity contribution is -0.145. The van der Waals surface area contributed by atoms with Crippen LogP contribution >= 0.6 is 46.3 Å². The van der Waals surface area contributed by atoms with Gasteiger partial charge in [0.25, 0.3) is 5.56 Å². The number of hydrogen-bond donors (Lipinski definition) is 1. The second kappa shape index (κ2) is 8.29. The highest BCUT2D eigenvalue weighted by Gasteiger charge is 2.35. The van der Waals surface area contributed by atoms with Crippen molar-refractivity contribution in [2.24, 2.45) is 5.41 Å². The summed E-state index contributed by atoms with van der Waals surface area (Å²) in [6.07, 6.45) is 0.374. The molecule has 0 bridgehead atoms. The Labute approximate surface area is 169 Å². The quantitative estimate of drug-likeness (QED) is 0.670. The fourth-order valence-corrected chi connectivity index (χ4v) is 4.96. The molecule has 2 rings (SSSR count). The van der Waals surface area contributed by atoms with E-state index in [0.717, 1.165) is 5.56 Å². The Morgan fingerprint density at radius 1 is 1.42 bits per heavy atom. The molecule has 1 unspecified atom stereocenters. The molecule has 1 atom stereocenters. The van der Waals surface area contributed by atoms with Crippen molar-refractivity contribution < 1.29 is 9.90 Å². The standard InChI is InChI=1S/C16H19Cl2N3O3S2/c1-5-9-13(22)19-15(25-7-8-6-10(17)26-12(8)18)21(20-9)11(14(23)24)16(2,3)4/h6,11H,5,7H2,1-4H3,(H,23,24). The molecule has 0 amide bonds. The molecule has 0 fully saturated rings. The summed E-state index contributed by atoms with van der Waals surface area (Å²) in [5.41, 5.74) is -0.0333. The summed E-state index contributed by atoms with van der Waals surface area (Å²) in [5.74, 6) is -0.631. The van der Waals surface area contributed by atoms with Crippen LogP contribution in [0.1, 0.15) is 45.0 Å². The average molecular weight is 436 g/mol. The number of aryl methyl sites for hydroxylation is 1. The lowest BCUT2D eigenvalue weighted by atomic mass is 9.87. The van der Waals surface area contributed by atoms with E-state index >= 15 is 0 Å². The van der Waals surface area contributed by atoms with Crippen LogP contribution in [-0.2, 0) is 17.0 Å². The van der Waals surface area contributed by atoms with Gasteiger partial charge in [0.1, 0.15) is 5.69 Å². The van der Waals surface area contributed by atoms with Crippen molar-refractivity contribution in [2.45, 2.75) is 51.1 Å². The van der Waals surface area contributed by atoms with Gasteiger partial charge in [-0.2, -0.15) is 10.1 Å². The van der Waals surface area contributed by atoms with Crippen molar-refractivity contribution in [3.8, 4) is 0 Å². The zero-order valence-electron chi connectivity index (χ0n) is 14.7. The van der Waals surface area contributed by atoms with Gasteiger partial charge in [0.2, 0.25) is 0 Å². The van der Waals surface area contributed by atoms with E-state index in [9.17, 15) is 14.7 Å². The summed E-state index contributed by atoms with van der Waals surface area (Å²) >= 11 is 14.6. The molecule has 10 heteroatoms. The van der Waals surface area contributed by atoms with Crippen molar-refractivity contribution in [3.63, 3.8) is 0 Å². The Kier molecular flexibility index (Phi) is 6.76. The minimum Gasteiger partial charge on any atom is -0.480 e. The first-order chi connectivity index (χ1) is 12.0. The molecule has 0 spiro atoms. The van der Waals surface area contributed by atoms with Crippen molar-refractivity contribution in [3.05, 3.63) is 36.4 Å². The number of carboxylic acids is 1. The van der Waals surface area contributed by atoms with Gasteiger partial charge in [-0.25, -0.2) is 9.48 Å². The number of rotatable bonds is 6. The van der Waals surface area contributed by atoms with E-state index in [0.29, 0.717) is 20.8 Å². The maximum Gasteiger partial charge on any atom is 0.329 e. The van der Waals surface area contributed by atoms with Gasteiger partial charge >= 0.3 is 5.97 Å². The van der Waals surface area contributed by atoms with E-state index in [1.54, 1.807) is 33.8 Å². The molecule has 2 heterocycles. The smallest absolute Gasteiger partial charge is 0.329 e. The van der Waals surface area contributed by atoms with Gasteiger partial charge in [-0.05, 0) is 23.5 Å². The predicted molar refractivity (Wildman–Crippen MR) is 106 cm³/mol.